The molecule has 134 valence electrons. The summed E-state index contributed by atoms with van der Waals surface area (Å²) in [5, 5.41) is 9.55. The first-order valence-electron chi connectivity index (χ1n) is 9.72. The summed E-state index contributed by atoms with van der Waals surface area (Å²) in [5.41, 5.74) is 0. The van der Waals surface area contributed by atoms with E-state index >= 15 is 0 Å². The molecular formula is C19H40O3. The quantitative estimate of drug-likeness (QED) is 0.257. The van der Waals surface area contributed by atoms with E-state index in [2.05, 4.69) is 13.8 Å². The average Bonchev–Trinajstić information content (AvgIpc) is 2.52. The number of hydrogen-bond acceptors (Lipinski definition) is 3. The minimum absolute atomic E-state index is 0.603. The zero-order chi connectivity index (χ0) is 16.3. The van der Waals surface area contributed by atoms with Crippen LogP contribution in [0.15, 0.2) is 0 Å². The van der Waals surface area contributed by atoms with Gasteiger partial charge in [-0.05, 0) is 12.8 Å². The Bertz CT molecular complexity index is 177. The molecule has 0 aromatic rings. The molecule has 1 N–H and O–H groups in total. The number of hydrogen-bond donors (Lipinski definition) is 1. The van der Waals surface area contributed by atoms with Gasteiger partial charge in [0.05, 0.1) is 13.2 Å². The Morgan fingerprint density at radius 3 is 1.23 bits per heavy atom. The Morgan fingerprint density at radius 2 is 0.864 bits per heavy atom. The Morgan fingerprint density at radius 1 is 0.545 bits per heavy atom. The van der Waals surface area contributed by atoms with Gasteiger partial charge in [-0.15, -0.1) is 0 Å². The molecule has 0 bridgehead atoms. The molecule has 0 atom stereocenters. The maximum absolute atomic E-state index is 9.55. The van der Waals surface area contributed by atoms with Crippen LogP contribution in [0, 0.1) is 0 Å². The summed E-state index contributed by atoms with van der Waals surface area (Å²) < 4.78 is 10.5. The second-order valence-corrected chi connectivity index (χ2v) is 6.29. The van der Waals surface area contributed by atoms with Crippen molar-refractivity contribution >= 4 is 0 Å². The van der Waals surface area contributed by atoms with E-state index in [4.69, 9.17) is 9.47 Å². The van der Waals surface area contributed by atoms with Gasteiger partial charge in [-0.2, -0.15) is 0 Å². The van der Waals surface area contributed by atoms with Gasteiger partial charge < -0.3 is 14.6 Å². The van der Waals surface area contributed by atoms with Crippen molar-refractivity contribution in [2.75, 3.05) is 13.2 Å². The van der Waals surface area contributed by atoms with Crippen molar-refractivity contribution in [3.63, 3.8) is 0 Å². The van der Waals surface area contributed by atoms with Gasteiger partial charge in [0.15, 0.2) is 0 Å². The molecule has 0 aliphatic heterocycles. The molecule has 0 saturated heterocycles. The predicted molar refractivity (Wildman–Crippen MR) is 93.9 cm³/mol. The summed E-state index contributed by atoms with van der Waals surface area (Å²) >= 11 is 0. The summed E-state index contributed by atoms with van der Waals surface area (Å²) in [7, 11) is 0. The van der Waals surface area contributed by atoms with Crippen LogP contribution in [0.4, 0.5) is 0 Å². The summed E-state index contributed by atoms with van der Waals surface area (Å²) in [6.07, 6.45) is 17.6. The van der Waals surface area contributed by atoms with E-state index in [1.807, 2.05) is 0 Å². The van der Waals surface area contributed by atoms with Gasteiger partial charge in [0.25, 0.3) is 6.48 Å². The monoisotopic (exact) mass is 316 g/mol. The van der Waals surface area contributed by atoms with Gasteiger partial charge in [0.2, 0.25) is 0 Å². The number of ether oxygens (including phenoxy) is 2. The van der Waals surface area contributed by atoms with Crippen LogP contribution < -0.4 is 0 Å². The van der Waals surface area contributed by atoms with Crippen LogP contribution in [-0.2, 0) is 9.47 Å². The van der Waals surface area contributed by atoms with Crippen LogP contribution in [0.3, 0.4) is 0 Å². The van der Waals surface area contributed by atoms with Gasteiger partial charge >= 0.3 is 0 Å². The molecule has 0 fully saturated rings. The lowest BCUT2D eigenvalue weighted by Gasteiger charge is -2.12. The Balaban J connectivity index is 3.11. The van der Waals surface area contributed by atoms with E-state index in [0.29, 0.717) is 13.2 Å². The van der Waals surface area contributed by atoms with Gasteiger partial charge in [-0.3, -0.25) is 0 Å². The average molecular weight is 317 g/mol. The largest absolute Gasteiger partial charge is 0.346 e. The number of unbranched alkanes of at least 4 members (excludes halogenated alkanes) is 12. The lowest BCUT2D eigenvalue weighted by molar-refractivity contribution is -0.263. The summed E-state index contributed by atoms with van der Waals surface area (Å²) in [6.45, 7) is 4.65. The Hall–Kier alpha value is -0.120. The highest BCUT2D eigenvalue weighted by atomic mass is 16.8. The molecular weight excluding hydrogens is 276 g/mol. The van der Waals surface area contributed by atoms with Crippen molar-refractivity contribution in [3.8, 4) is 0 Å². The lowest BCUT2D eigenvalue weighted by atomic mass is 10.1. The molecule has 3 nitrogen and oxygen atoms in total. The highest BCUT2D eigenvalue weighted by Crippen LogP contribution is 2.08. The second kappa shape index (κ2) is 18.9. The molecule has 0 aromatic heterocycles. The first kappa shape index (κ1) is 21.9. The van der Waals surface area contributed by atoms with Crippen molar-refractivity contribution in [3.05, 3.63) is 0 Å². The molecule has 3 heteroatoms. The Kier molecular flexibility index (Phi) is 18.8. The van der Waals surface area contributed by atoms with Crippen molar-refractivity contribution in [1.29, 1.82) is 0 Å². The minimum atomic E-state index is -1.03. The van der Waals surface area contributed by atoms with Crippen LogP contribution in [0.2, 0.25) is 0 Å². The summed E-state index contributed by atoms with van der Waals surface area (Å²) in [4.78, 5) is 0. The highest BCUT2D eigenvalue weighted by Gasteiger charge is 2.03. The molecule has 0 saturated carbocycles. The molecule has 0 rings (SSSR count). The number of rotatable bonds is 18. The van der Waals surface area contributed by atoms with Crippen LogP contribution in [0.5, 0.6) is 0 Å². The van der Waals surface area contributed by atoms with E-state index in [1.165, 1.54) is 77.0 Å². The predicted octanol–water partition coefficient (Wildman–Crippen LogP) is 5.80. The minimum Gasteiger partial charge on any atom is -0.346 e. The van der Waals surface area contributed by atoms with E-state index in [0.717, 1.165) is 12.8 Å². The standard InChI is InChI=1S/C19H40O3/c1-3-5-7-9-11-13-15-17-21-19(20)22-18-16-14-12-10-8-6-4-2/h19-20H,3-18H2,1-2H3. The van der Waals surface area contributed by atoms with Gasteiger partial charge in [0.1, 0.15) is 0 Å². The zero-order valence-electron chi connectivity index (χ0n) is 15.2. The topological polar surface area (TPSA) is 38.7 Å². The summed E-state index contributed by atoms with van der Waals surface area (Å²) in [5.74, 6) is 0. The molecule has 0 unspecified atom stereocenters. The van der Waals surface area contributed by atoms with Crippen LogP contribution in [0.25, 0.3) is 0 Å². The van der Waals surface area contributed by atoms with Crippen molar-refractivity contribution in [2.24, 2.45) is 0 Å². The van der Waals surface area contributed by atoms with Crippen molar-refractivity contribution in [2.45, 2.75) is 110 Å². The smallest absolute Gasteiger partial charge is 0.269 e. The first-order valence-corrected chi connectivity index (χ1v) is 9.72. The molecule has 0 aromatic carbocycles. The fraction of sp³-hybridized carbons (Fsp3) is 1.00. The zero-order valence-corrected chi connectivity index (χ0v) is 15.2. The van der Waals surface area contributed by atoms with Crippen LogP contribution >= 0.6 is 0 Å². The van der Waals surface area contributed by atoms with Gasteiger partial charge in [-0.25, -0.2) is 0 Å². The fourth-order valence-electron chi connectivity index (χ4n) is 2.53. The Labute approximate surface area is 138 Å². The highest BCUT2D eigenvalue weighted by molar-refractivity contribution is 4.46. The molecule has 0 radical (unpaired) electrons. The molecule has 22 heavy (non-hydrogen) atoms. The lowest BCUT2D eigenvalue weighted by Crippen LogP contribution is -2.17. The first-order chi connectivity index (χ1) is 10.8. The van der Waals surface area contributed by atoms with E-state index in [9.17, 15) is 5.11 Å². The van der Waals surface area contributed by atoms with E-state index < -0.39 is 6.48 Å². The van der Waals surface area contributed by atoms with Crippen LogP contribution in [-0.4, -0.2) is 24.8 Å². The van der Waals surface area contributed by atoms with Gasteiger partial charge in [-0.1, -0.05) is 90.9 Å². The second-order valence-electron chi connectivity index (χ2n) is 6.29. The maximum atomic E-state index is 9.55. The van der Waals surface area contributed by atoms with Crippen molar-refractivity contribution in [1.82, 2.24) is 0 Å². The molecule has 0 spiro atoms. The summed E-state index contributed by atoms with van der Waals surface area (Å²) in [6, 6.07) is 0. The normalized spacial score (nSPS) is 11.5. The number of aliphatic hydroxyl groups excluding tert-OH is 1. The molecule has 0 aliphatic rings. The molecule has 0 heterocycles. The van der Waals surface area contributed by atoms with E-state index in [1.54, 1.807) is 0 Å². The third-order valence-corrected chi connectivity index (χ3v) is 4.02. The van der Waals surface area contributed by atoms with Gasteiger partial charge in [0, 0.05) is 0 Å². The number of aliphatic hydroxyl groups is 1. The molecule has 0 amide bonds. The SMILES string of the molecule is CCCCCCCCCOC(O)OCCCCCCCCC. The van der Waals surface area contributed by atoms with Crippen LogP contribution in [0.1, 0.15) is 104 Å². The van der Waals surface area contributed by atoms with E-state index in [-0.39, 0.29) is 0 Å². The maximum Gasteiger partial charge on any atom is 0.269 e. The van der Waals surface area contributed by atoms with Crippen molar-refractivity contribution < 1.29 is 14.6 Å². The fourth-order valence-corrected chi connectivity index (χ4v) is 2.53. The molecule has 0 aliphatic carbocycles. The third kappa shape index (κ3) is 17.9. The third-order valence-electron chi connectivity index (χ3n) is 4.02.